The molecule has 4 aliphatic carbocycles. The van der Waals surface area contributed by atoms with Crippen LogP contribution in [0.25, 0.3) is 0 Å². The molecule has 6 nitrogen and oxygen atoms in total. The van der Waals surface area contributed by atoms with Crippen LogP contribution in [0, 0.1) is 23.2 Å². The van der Waals surface area contributed by atoms with Crippen molar-refractivity contribution in [2.45, 2.75) is 69.1 Å². The maximum absolute atomic E-state index is 13.6. The van der Waals surface area contributed by atoms with Gasteiger partial charge in [0.05, 0.1) is 22.0 Å². The first-order valence-electron chi connectivity index (χ1n) is 11.8. The largest absolute Gasteiger partial charge is 0.367 e. The third-order valence-electron chi connectivity index (χ3n) is 8.23. The van der Waals surface area contributed by atoms with Crippen LogP contribution in [0.2, 0.25) is 0 Å². The van der Waals surface area contributed by atoms with Crippen LogP contribution >= 0.6 is 0 Å². The predicted octanol–water partition coefficient (Wildman–Crippen LogP) is 3.52. The van der Waals surface area contributed by atoms with Gasteiger partial charge in [-0.25, -0.2) is 13.4 Å². The number of carbonyl (C=O) groups excluding carboxylic acids is 1. The summed E-state index contributed by atoms with van der Waals surface area (Å²) < 4.78 is 24.3. The zero-order chi connectivity index (χ0) is 22.0. The lowest BCUT2D eigenvalue weighted by Gasteiger charge is -2.57. The van der Waals surface area contributed by atoms with Crippen LogP contribution in [0.5, 0.6) is 0 Å². The molecule has 0 aromatic carbocycles. The number of sulfone groups is 1. The highest BCUT2D eigenvalue weighted by Gasteiger charge is 2.55. The van der Waals surface area contributed by atoms with Gasteiger partial charge in [-0.2, -0.15) is 0 Å². The Balaban J connectivity index is 1.23. The Labute approximate surface area is 186 Å². The Bertz CT molecular complexity index is 921. The number of aromatic nitrogens is 1. The van der Waals surface area contributed by atoms with Gasteiger partial charge in [-0.15, -0.1) is 0 Å². The van der Waals surface area contributed by atoms with E-state index in [9.17, 15) is 13.2 Å². The lowest BCUT2D eigenvalue weighted by molar-refractivity contribution is -0.158. The fourth-order valence-electron chi connectivity index (χ4n) is 6.91. The summed E-state index contributed by atoms with van der Waals surface area (Å²) in [5.41, 5.74) is 0.858. The van der Waals surface area contributed by atoms with E-state index in [4.69, 9.17) is 0 Å². The Hall–Kier alpha value is -1.63. The highest BCUT2D eigenvalue weighted by Crippen LogP contribution is 2.60. The molecule has 7 heteroatoms. The molecule has 0 atom stereocenters. The first kappa shape index (κ1) is 21.2. The summed E-state index contributed by atoms with van der Waals surface area (Å²) >= 11 is 0. The van der Waals surface area contributed by atoms with Gasteiger partial charge in [0.2, 0.25) is 5.91 Å². The number of pyridine rings is 1. The Morgan fingerprint density at radius 2 is 1.52 bits per heavy atom. The minimum absolute atomic E-state index is 0.0680. The molecule has 1 saturated heterocycles. The Morgan fingerprint density at radius 1 is 0.968 bits per heavy atom. The molecule has 2 heterocycles. The molecule has 1 aliphatic heterocycles. The minimum atomic E-state index is -3.45. The molecule has 4 saturated carbocycles. The fourth-order valence-corrected chi connectivity index (χ4v) is 7.97. The number of anilines is 1. The van der Waals surface area contributed by atoms with E-state index in [0.717, 1.165) is 68.9 Å². The van der Waals surface area contributed by atoms with Crippen LogP contribution in [0.1, 0.15) is 59.3 Å². The van der Waals surface area contributed by atoms with E-state index in [-0.39, 0.29) is 10.4 Å². The van der Waals surface area contributed by atoms with Crippen LogP contribution in [-0.2, 0) is 14.6 Å². The summed E-state index contributed by atoms with van der Waals surface area (Å²) in [5, 5.41) is 0.124. The highest BCUT2D eigenvalue weighted by molar-refractivity contribution is 7.92. The average Bonchev–Trinajstić information content (AvgIpc) is 2.72. The van der Waals surface area contributed by atoms with Gasteiger partial charge in [0.25, 0.3) is 0 Å². The molecule has 0 spiro atoms. The maximum atomic E-state index is 13.6. The summed E-state index contributed by atoms with van der Waals surface area (Å²) in [6, 6.07) is 3.46. The van der Waals surface area contributed by atoms with Crippen LogP contribution < -0.4 is 4.90 Å². The van der Waals surface area contributed by atoms with E-state index in [1.807, 2.05) is 6.07 Å². The van der Waals surface area contributed by atoms with E-state index in [0.29, 0.717) is 5.91 Å². The number of carbonyl (C=O) groups is 1. The Kier molecular flexibility index (Phi) is 4.92. The van der Waals surface area contributed by atoms with Gasteiger partial charge >= 0.3 is 0 Å². The molecule has 0 N–H and O–H groups in total. The van der Waals surface area contributed by atoms with Crippen LogP contribution in [0.3, 0.4) is 0 Å². The SMILES string of the molecule is CC(C)(C)S(=O)(=O)c1ccc(N2CCN(C(=O)C34CC5CC(CC(C5)C3)C4)CC2)cn1. The normalized spacial score (nSPS) is 33.1. The molecule has 5 fully saturated rings. The maximum Gasteiger partial charge on any atom is 0.228 e. The van der Waals surface area contributed by atoms with Crippen LogP contribution in [0.15, 0.2) is 23.4 Å². The average molecular weight is 446 g/mol. The van der Waals surface area contributed by atoms with Gasteiger partial charge in [0, 0.05) is 26.2 Å². The molecule has 1 aromatic heterocycles. The molecular weight excluding hydrogens is 410 g/mol. The van der Waals surface area contributed by atoms with Crippen molar-refractivity contribution < 1.29 is 13.2 Å². The van der Waals surface area contributed by atoms with E-state index < -0.39 is 14.6 Å². The molecule has 0 radical (unpaired) electrons. The smallest absolute Gasteiger partial charge is 0.228 e. The van der Waals surface area contributed by atoms with Crippen molar-refractivity contribution in [3.8, 4) is 0 Å². The molecule has 5 aliphatic rings. The van der Waals surface area contributed by atoms with Gasteiger partial charge in [-0.05, 0) is 89.2 Å². The topological polar surface area (TPSA) is 70.6 Å². The monoisotopic (exact) mass is 445 g/mol. The van der Waals surface area contributed by atoms with E-state index in [1.165, 1.54) is 19.3 Å². The third kappa shape index (κ3) is 3.57. The zero-order valence-electron chi connectivity index (χ0n) is 19.0. The van der Waals surface area contributed by atoms with Crippen molar-refractivity contribution in [1.29, 1.82) is 0 Å². The molecule has 1 aromatic rings. The van der Waals surface area contributed by atoms with Gasteiger partial charge in [0.15, 0.2) is 14.9 Å². The number of nitrogens with zero attached hydrogens (tertiary/aromatic N) is 3. The molecule has 31 heavy (non-hydrogen) atoms. The predicted molar refractivity (Wildman–Crippen MR) is 121 cm³/mol. The lowest BCUT2D eigenvalue weighted by Crippen LogP contribution is -2.58. The van der Waals surface area contributed by atoms with Crippen LogP contribution in [0.4, 0.5) is 5.69 Å². The van der Waals surface area contributed by atoms with Gasteiger partial charge in [0.1, 0.15) is 0 Å². The van der Waals surface area contributed by atoms with E-state index in [2.05, 4.69) is 14.8 Å². The number of piperazine rings is 1. The van der Waals surface area contributed by atoms with Crippen molar-refractivity contribution in [2.75, 3.05) is 31.1 Å². The zero-order valence-corrected chi connectivity index (χ0v) is 19.8. The molecule has 4 bridgehead atoms. The van der Waals surface area contributed by atoms with Gasteiger partial charge in [-0.3, -0.25) is 4.79 Å². The fraction of sp³-hybridized carbons (Fsp3) is 0.750. The number of hydrogen-bond acceptors (Lipinski definition) is 5. The van der Waals surface area contributed by atoms with E-state index in [1.54, 1.807) is 33.0 Å². The quantitative estimate of drug-likeness (QED) is 0.712. The summed E-state index contributed by atoms with van der Waals surface area (Å²) in [4.78, 5) is 22.2. The van der Waals surface area contributed by atoms with Gasteiger partial charge < -0.3 is 9.80 Å². The number of rotatable bonds is 3. The van der Waals surface area contributed by atoms with Crippen molar-refractivity contribution >= 4 is 21.4 Å². The third-order valence-corrected chi connectivity index (χ3v) is 10.6. The molecule has 1 amide bonds. The first-order chi connectivity index (χ1) is 14.6. The number of hydrogen-bond donors (Lipinski definition) is 0. The molecule has 170 valence electrons. The number of amides is 1. The Morgan fingerprint density at radius 3 is 1.97 bits per heavy atom. The molecular formula is C24H35N3O3S. The minimum Gasteiger partial charge on any atom is -0.367 e. The summed E-state index contributed by atoms with van der Waals surface area (Å²) in [6.45, 7) is 8.09. The summed E-state index contributed by atoms with van der Waals surface area (Å²) in [6.07, 6.45) is 9.08. The molecule has 6 rings (SSSR count). The first-order valence-corrected chi connectivity index (χ1v) is 13.3. The molecule has 0 unspecified atom stereocenters. The summed E-state index contributed by atoms with van der Waals surface area (Å²) in [7, 11) is -3.45. The second-order valence-corrected chi connectivity index (χ2v) is 14.1. The van der Waals surface area contributed by atoms with Crippen molar-refractivity contribution in [1.82, 2.24) is 9.88 Å². The summed E-state index contributed by atoms with van der Waals surface area (Å²) in [5.74, 6) is 2.76. The van der Waals surface area contributed by atoms with Crippen molar-refractivity contribution in [3.05, 3.63) is 18.3 Å². The second-order valence-electron chi connectivity index (χ2n) is 11.4. The van der Waals surface area contributed by atoms with Crippen LogP contribution in [-0.4, -0.2) is 55.1 Å². The van der Waals surface area contributed by atoms with Crippen molar-refractivity contribution in [3.63, 3.8) is 0 Å². The van der Waals surface area contributed by atoms with Crippen molar-refractivity contribution in [2.24, 2.45) is 23.2 Å². The highest BCUT2D eigenvalue weighted by atomic mass is 32.2. The standard InChI is InChI=1S/C24H35N3O3S/c1-23(2,3)31(29,30)21-5-4-20(16-25-21)26-6-8-27(9-7-26)22(28)24-13-17-10-18(14-24)12-19(11-17)15-24/h4-5,16-19H,6-15H2,1-3H3. The van der Waals surface area contributed by atoms with E-state index >= 15 is 0 Å². The second kappa shape index (κ2) is 7.19. The lowest BCUT2D eigenvalue weighted by atomic mass is 9.49. The van der Waals surface area contributed by atoms with Gasteiger partial charge in [-0.1, -0.05) is 0 Å².